The van der Waals surface area contributed by atoms with Crippen LogP contribution in [0, 0.1) is 0 Å². The summed E-state index contributed by atoms with van der Waals surface area (Å²) in [7, 11) is 0. The number of halogens is 4. The molecule has 0 saturated carbocycles. The Bertz CT molecular complexity index is 894. The Labute approximate surface area is 160 Å². The minimum atomic E-state index is -4.54. The molecule has 0 bridgehead atoms. The standard InChI is InChI=1S/C18H11BrF3NO2S/c19-13-7-5-11(6-8-13)10-23-16(24)15(26-17(23)25)9-12-3-1-2-4-14(12)18(20,21)22/h1-9H,10H2/b15-9-. The van der Waals surface area contributed by atoms with Gasteiger partial charge in [-0.05, 0) is 47.2 Å². The van der Waals surface area contributed by atoms with E-state index in [9.17, 15) is 22.8 Å². The third-order valence-corrected chi connectivity index (χ3v) is 5.12. The zero-order valence-electron chi connectivity index (χ0n) is 13.1. The van der Waals surface area contributed by atoms with E-state index >= 15 is 0 Å². The molecular formula is C18H11BrF3NO2S. The highest BCUT2D eigenvalue weighted by Crippen LogP contribution is 2.37. The van der Waals surface area contributed by atoms with Crippen molar-refractivity contribution in [1.82, 2.24) is 4.90 Å². The first-order valence-corrected chi connectivity index (χ1v) is 9.02. The fourth-order valence-electron chi connectivity index (χ4n) is 2.43. The number of carbonyl (C=O) groups excluding carboxylic acids is 2. The summed E-state index contributed by atoms with van der Waals surface area (Å²) in [5, 5.41) is -0.506. The molecule has 1 aliphatic heterocycles. The molecule has 0 aliphatic carbocycles. The van der Waals surface area contributed by atoms with Crippen molar-refractivity contribution < 1.29 is 22.8 Å². The molecule has 134 valence electrons. The topological polar surface area (TPSA) is 37.4 Å². The highest BCUT2D eigenvalue weighted by Gasteiger charge is 2.37. The predicted molar refractivity (Wildman–Crippen MR) is 97.1 cm³/mol. The lowest BCUT2D eigenvalue weighted by atomic mass is 10.1. The van der Waals surface area contributed by atoms with Crippen molar-refractivity contribution in [2.45, 2.75) is 12.7 Å². The summed E-state index contributed by atoms with van der Waals surface area (Å²) < 4.78 is 40.1. The second-order valence-corrected chi connectivity index (χ2v) is 7.39. The fraction of sp³-hybridized carbons (Fsp3) is 0.111. The molecule has 0 aromatic heterocycles. The van der Waals surface area contributed by atoms with Crippen molar-refractivity contribution in [3.63, 3.8) is 0 Å². The monoisotopic (exact) mass is 441 g/mol. The molecule has 2 aromatic carbocycles. The Kier molecular flexibility index (Phi) is 5.24. The Morgan fingerprint density at radius 3 is 2.35 bits per heavy atom. The molecule has 0 atom stereocenters. The number of amides is 2. The number of alkyl halides is 3. The summed E-state index contributed by atoms with van der Waals surface area (Å²) in [6.07, 6.45) is -3.42. The van der Waals surface area contributed by atoms with Gasteiger partial charge in [-0.1, -0.05) is 46.3 Å². The summed E-state index contributed by atoms with van der Waals surface area (Å²) >= 11 is 3.94. The molecule has 0 radical (unpaired) electrons. The van der Waals surface area contributed by atoms with Crippen LogP contribution in [-0.4, -0.2) is 16.0 Å². The number of hydrogen-bond donors (Lipinski definition) is 0. The van der Waals surface area contributed by atoms with E-state index in [0.717, 1.165) is 27.1 Å². The molecule has 3 rings (SSSR count). The van der Waals surface area contributed by atoms with Crippen LogP contribution < -0.4 is 0 Å². The quantitative estimate of drug-likeness (QED) is 0.572. The van der Waals surface area contributed by atoms with E-state index in [-0.39, 0.29) is 17.0 Å². The Balaban J connectivity index is 1.87. The van der Waals surface area contributed by atoms with E-state index in [1.165, 1.54) is 18.2 Å². The maximum atomic E-state index is 13.1. The van der Waals surface area contributed by atoms with E-state index in [4.69, 9.17) is 0 Å². The molecule has 0 unspecified atom stereocenters. The highest BCUT2D eigenvalue weighted by atomic mass is 79.9. The van der Waals surface area contributed by atoms with Gasteiger partial charge >= 0.3 is 6.18 Å². The van der Waals surface area contributed by atoms with Gasteiger partial charge in [-0.3, -0.25) is 14.5 Å². The van der Waals surface area contributed by atoms with Crippen LogP contribution in [0.3, 0.4) is 0 Å². The van der Waals surface area contributed by atoms with Crippen molar-refractivity contribution in [3.8, 4) is 0 Å². The molecule has 8 heteroatoms. The van der Waals surface area contributed by atoms with Gasteiger partial charge < -0.3 is 0 Å². The Morgan fingerprint density at radius 1 is 1.04 bits per heavy atom. The summed E-state index contributed by atoms with van der Waals surface area (Å²) in [5.74, 6) is -0.597. The lowest BCUT2D eigenvalue weighted by Gasteiger charge is -2.12. The normalized spacial score (nSPS) is 16.6. The van der Waals surface area contributed by atoms with Crippen molar-refractivity contribution in [2.75, 3.05) is 0 Å². The first-order chi connectivity index (χ1) is 12.3. The zero-order valence-corrected chi connectivity index (χ0v) is 15.5. The van der Waals surface area contributed by atoms with Crippen molar-refractivity contribution in [1.29, 1.82) is 0 Å². The Morgan fingerprint density at radius 2 is 1.69 bits per heavy atom. The molecule has 1 saturated heterocycles. The molecule has 2 amide bonds. The van der Waals surface area contributed by atoms with E-state index < -0.39 is 22.9 Å². The third kappa shape index (κ3) is 4.02. The molecule has 1 aliphatic rings. The Hall–Kier alpha value is -2.06. The largest absolute Gasteiger partial charge is 0.416 e. The maximum Gasteiger partial charge on any atom is 0.416 e. The number of thioether (sulfide) groups is 1. The van der Waals surface area contributed by atoms with E-state index in [1.807, 2.05) is 0 Å². The number of imide groups is 1. The van der Waals surface area contributed by atoms with Crippen LogP contribution >= 0.6 is 27.7 Å². The van der Waals surface area contributed by atoms with Gasteiger partial charge in [0.25, 0.3) is 11.1 Å². The number of hydrogen-bond acceptors (Lipinski definition) is 3. The molecule has 0 N–H and O–H groups in total. The number of rotatable bonds is 3. The van der Waals surface area contributed by atoms with Crippen LogP contribution in [0.25, 0.3) is 6.08 Å². The van der Waals surface area contributed by atoms with Gasteiger partial charge in [-0.2, -0.15) is 13.2 Å². The summed E-state index contributed by atoms with van der Waals surface area (Å²) in [6.45, 7) is 0.0657. The lowest BCUT2D eigenvalue weighted by molar-refractivity contribution is -0.137. The van der Waals surface area contributed by atoms with E-state index in [2.05, 4.69) is 15.9 Å². The minimum absolute atomic E-state index is 0.0242. The first kappa shape index (κ1) is 18.7. The lowest BCUT2D eigenvalue weighted by Crippen LogP contribution is -2.27. The van der Waals surface area contributed by atoms with Crippen LogP contribution in [-0.2, 0) is 17.5 Å². The molecule has 1 heterocycles. The van der Waals surface area contributed by atoms with E-state index in [1.54, 1.807) is 24.3 Å². The number of nitrogens with zero attached hydrogens (tertiary/aromatic N) is 1. The van der Waals surface area contributed by atoms with Gasteiger partial charge in [0.2, 0.25) is 0 Å². The summed E-state index contributed by atoms with van der Waals surface area (Å²) in [5.41, 5.74) is -0.249. The van der Waals surface area contributed by atoms with Crippen molar-refractivity contribution in [3.05, 3.63) is 74.6 Å². The van der Waals surface area contributed by atoms with E-state index in [0.29, 0.717) is 11.8 Å². The SMILES string of the molecule is O=C1S/C(=C\c2ccccc2C(F)(F)F)C(=O)N1Cc1ccc(Br)cc1. The van der Waals surface area contributed by atoms with Crippen LogP contribution in [0.1, 0.15) is 16.7 Å². The average molecular weight is 442 g/mol. The van der Waals surface area contributed by atoms with Crippen LogP contribution in [0.2, 0.25) is 0 Å². The van der Waals surface area contributed by atoms with Crippen LogP contribution in [0.4, 0.5) is 18.0 Å². The molecule has 0 spiro atoms. The van der Waals surface area contributed by atoms with Gasteiger partial charge in [0.15, 0.2) is 0 Å². The first-order valence-electron chi connectivity index (χ1n) is 7.42. The number of carbonyl (C=O) groups is 2. The molecule has 26 heavy (non-hydrogen) atoms. The van der Waals surface area contributed by atoms with Crippen molar-refractivity contribution in [2.24, 2.45) is 0 Å². The average Bonchev–Trinajstić information content (AvgIpc) is 2.84. The predicted octanol–water partition coefficient (Wildman–Crippen LogP) is 5.70. The van der Waals surface area contributed by atoms with Crippen molar-refractivity contribution >= 4 is 44.9 Å². The fourth-order valence-corrected chi connectivity index (χ4v) is 3.52. The van der Waals surface area contributed by atoms with Gasteiger partial charge in [-0.15, -0.1) is 0 Å². The summed E-state index contributed by atoms with van der Waals surface area (Å²) in [4.78, 5) is 25.6. The van der Waals surface area contributed by atoms with Gasteiger partial charge in [0.1, 0.15) is 0 Å². The van der Waals surface area contributed by atoms with Gasteiger partial charge in [-0.25, -0.2) is 0 Å². The zero-order chi connectivity index (χ0) is 18.9. The van der Waals surface area contributed by atoms with Gasteiger partial charge in [0.05, 0.1) is 17.0 Å². The molecular weight excluding hydrogens is 431 g/mol. The second kappa shape index (κ2) is 7.28. The summed E-state index contributed by atoms with van der Waals surface area (Å²) in [6, 6.07) is 12.0. The maximum absolute atomic E-state index is 13.1. The second-order valence-electron chi connectivity index (χ2n) is 5.48. The highest BCUT2D eigenvalue weighted by molar-refractivity contribution is 9.10. The molecule has 2 aromatic rings. The molecule has 3 nitrogen and oxygen atoms in total. The molecule has 1 fully saturated rings. The third-order valence-electron chi connectivity index (χ3n) is 3.68. The smallest absolute Gasteiger partial charge is 0.268 e. The number of benzene rings is 2. The van der Waals surface area contributed by atoms with Crippen LogP contribution in [0.5, 0.6) is 0 Å². The van der Waals surface area contributed by atoms with Crippen LogP contribution in [0.15, 0.2) is 57.9 Å². The van der Waals surface area contributed by atoms with Gasteiger partial charge in [0, 0.05) is 4.47 Å². The minimum Gasteiger partial charge on any atom is -0.268 e.